The van der Waals surface area contributed by atoms with Gasteiger partial charge in [0.05, 0.1) is 24.0 Å². The molecule has 0 N–H and O–H groups in total. The molecule has 0 atom stereocenters. The third-order valence-corrected chi connectivity index (χ3v) is 5.68. The van der Waals surface area contributed by atoms with Gasteiger partial charge in [0.25, 0.3) is 5.88 Å². The summed E-state index contributed by atoms with van der Waals surface area (Å²) >= 11 is 0. The van der Waals surface area contributed by atoms with Crippen LogP contribution in [-0.4, -0.2) is 45.3 Å². The van der Waals surface area contributed by atoms with Crippen molar-refractivity contribution in [2.24, 2.45) is 0 Å². The van der Waals surface area contributed by atoms with Crippen molar-refractivity contribution in [2.45, 2.75) is 43.8 Å². The minimum atomic E-state index is -0.657. The fourth-order valence-corrected chi connectivity index (χ4v) is 4.34. The van der Waals surface area contributed by atoms with E-state index in [9.17, 15) is 9.18 Å². The zero-order valence-corrected chi connectivity index (χ0v) is 16.8. The van der Waals surface area contributed by atoms with Crippen LogP contribution in [0.3, 0.4) is 0 Å². The highest BCUT2D eigenvalue weighted by atomic mass is 19.1. The first-order valence-corrected chi connectivity index (χ1v) is 9.96. The van der Waals surface area contributed by atoms with E-state index in [0.29, 0.717) is 30.8 Å². The van der Waals surface area contributed by atoms with Gasteiger partial charge < -0.3 is 14.2 Å². The molecule has 3 aliphatic rings. The van der Waals surface area contributed by atoms with Crippen molar-refractivity contribution < 1.29 is 23.4 Å². The zero-order valence-electron chi connectivity index (χ0n) is 16.8. The molecule has 3 fully saturated rings. The summed E-state index contributed by atoms with van der Waals surface area (Å²) in [5.41, 5.74) is 0.466. The summed E-state index contributed by atoms with van der Waals surface area (Å²) in [4.78, 5) is 21.8. The molecule has 0 unspecified atom stereocenters. The molecule has 2 bridgehead atoms. The van der Waals surface area contributed by atoms with E-state index in [1.807, 2.05) is 26.1 Å². The second-order valence-electron chi connectivity index (χ2n) is 8.40. The highest BCUT2D eigenvalue weighted by Gasteiger charge is 2.64. The van der Waals surface area contributed by atoms with E-state index in [1.54, 1.807) is 34.9 Å². The van der Waals surface area contributed by atoms with Gasteiger partial charge in [-0.25, -0.2) is 19.2 Å². The van der Waals surface area contributed by atoms with Gasteiger partial charge in [0.1, 0.15) is 12.4 Å². The lowest BCUT2D eigenvalue weighted by atomic mass is 9.61. The van der Waals surface area contributed by atoms with E-state index in [2.05, 4.69) is 4.98 Å². The largest absolute Gasteiger partial charge is 0.472 e. The smallest absolute Gasteiger partial charge is 0.364 e. The minimum Gasteiger partial charge on any atom is -0.472 e. The Morgan fingerprint density at radius 3 is 2.67 bits per heavy atom. The summed E-state index contributed by atoms with van der Waals surface area (Å²) < 4.78 is 32.0. The van der Waals surface area contributed by atoms with Crippen LogP contribution < -0.4 is 9.47 Å². The Morgan fingerprint density at radius 2 is 2.00 bits per heavy atom. The summed E-state index contributed by atoms with van der Waals surface area (Å²) in [6.07, 6.45) is 4.49. The van der Waals surface area contributed by atoms with Crippen LogP contribution in [0, 0.1) is 0 Å². The van der Waals surface area contributed by atoms with Crippen LogP contribution in [0.5, 0.6) is 11.6 Å². The molecule has 8 heteroatoms. The number of carbonyl (C=O) groups excluding carboxylic acids is 1. The standard InChI is InChI=1S/C22H22FN3O4/c1-14(2)29-19-18-25-17(21-10-22(11-21,12-23)28-13-21)9-26(18)8-16(24-19)20(27)30-15-6-4-3-5-7-15/h3-9,14H,10-13H2,1-2H3. The number of rotatable bonds is 6. The number of fused-ring (bicyclic) bond motifs is 2. The number of carbonyl (C=O) groups is 1. The zero-order chi connectivity index (χ0) is 20.9. The number of hydrogen-bond acceptors (Lipinski definition) is 6. The Labute approximate surface area is 172 Å². The second kappa shape index (κ2) is 6.77. The van der Waals surface area contributed by atoms with E-state index in [-0.39, 0.29) is 23.1 Å². The quantitative estimate of drug-likeness (QED) is 0.457. The average molecular weight is 411 g/mol. The molecular formula is C22H22FN3O4. The lowest BCUT2D eigenvalue weighted by Gasteiger charge is -2.41. The van der Waals surface area contributed by atoms with Crippen LogP contribution in [0.4, 0.5) is 4.39 Å². The summed E-state index contributed by atoms with van der Waals surface area (Å²) in [5, 5.41) is 0. The normalized spacial score (nSPS) is 24.8. The van der Waals surface area contributed by atoms with Crippen LogP contribution in [0.2, 0.25) is 0 Å². The number of ether oxygens (including phenoxy) is 3. The Bertz CT molecular complexity index is 1110. The molecule has 2 aromatic heterocycles. The lowest BCUT2D eigenvalue weighted by Crippen LogP contribution is -2.48. The SMILES string of the molecule is CC(C)Oc1nc(C(=O)Oc2ccccc2)cn2cc(C34COC(CF)(C3)C4)nc12. The predicted octanol–water partition coefficient (Wildman–Crippen LogP) is 3.51. The highest BCUT2D eigenvalue weighted by molar-refractivity contribution is 5.89. The fraction of sp³-hybridized carbons (Fsp3) is 0.409. The van der Waals surface area contributed by atoms with E-state index in [0.717, 1.165) is 5.69 Å². The highest BCUT2D eigenvalue weighted by Crippen LogP contribution is 2.58. The first-order chi connectivity index (χ1) is 14.4. The van der Waals surface area contributed by atoms with Gasteiger partial charge in [-0.3, -0.25) is 4.40 Å². The number of hydrogen-bond donors (Lipinski definition) is 0. The molecule has 2 saturated heterocycles. The maximum Gasteiger partial charge on any atom is 0.364 e. The number of imidazole rings is 1. The van der Waals surface area contributed by atoms with E-state index < -0.39 is 18.2 Å². The van der Waals surface area contributed by atoms with Gasteiger partial charge in [-0.1, -0.05) is 18.2 Å². The molecule has 0 radical (unpaired) electrons. The van der Waals surface area contributed by atoms with Crippen molar-refractivity contribution in [2.75, 3.05) is 13.3 Å². The molecule has 1 aromatic carbocycles. The van der Waals surface area contributed by atoms with Gasteiger partial charge in [0.15, 0.2) is 5.69 Å². The Balaban J connectivity index is 1.51. The molecule has 30 heavy (non-hydrogen) atoms. The van der Waals surface area contributed by atoms with Crippen molar-refractivity contribution in [3.63, 3.8) is 0 Å². The number of para-hydroxylation sites is 1. The second-order valence-corrected chi connectivity index (χ2v) is 8.40. The lowest BCUT2D eigenvalue weighted by molar-refractivity contribution is -0.0235. The molecule has 6 rings (SSSR count). The van der Waals surface area contributed by atoms with Crippen molar-refractivity contribution >= 4 is 11.6 Å². The number of benzene rings is 1. The monoisotopic (exact) mass is 411 g/mol. The summed E-state index contributed by atoms with van der Waals surface area (Å²) in [6.45, 7) is 3.71. The number of nitrogens with zero attached hydrogens (tertiary/aromatic N) is 3. The topological polar surface area (TPSA) is 75.0 Å². The van der Waals surface area contributed by atoms with E-state index in [4.69, 9.17) is 19.2 Å². The summed E-state index contributed by atoms with van der Waals surface area (Å²) in [7, 11) is 0. The third kappa shape index (κ3) is 3.02. The molecule has 4 heterocycles. The molecule has 3 aromatic rings. The molecule has 0 amide bonds. The number of aromatic nitrogens is 3. The Hall–Kier alpha value is -3.00. The number of alkyl halides is 1. The molecule has 1 aliphatic carbocycles. The maximum atomic E-state index is 13.3. The van der Waals surface area contributed by atoms with Crippen LogP contribution in [0.25, 0.3) is 5.65 Å². The van der Waals surface area contributed by atoms with Crippen molar-refractivity contribution in [1.29, 1.82) is 0 Å². The van der Waals surface area contributed by atoms with E-state index in [1.165, 1.54) is 0 Å². The fourth-order valence-electron chi connectivity index (χ4n) is 4.34. The summed E-state index contributed by atoms with van der Waals surface area (Å²) in [5.74, 6) is 0.0978. The van der Waals surface area contributed by atoms with Gasteiger partial charge in [-0.15, -0.1) is 0 Å². The van der Waals surface area contributed by atoms with Crippen LogP contribution >= 0.6 is 0 Å². The summed E-state index contributed by atoms with van der Waals surface area (Å²) in [6, 6.07) is 8.81. The molecular weight excluding hydrogens is 389 g/mol. The van der Waals surface area contributed by atoms with Gasteiger partial charge in [-0.2, -0.15) is 0 Å². The Kier molecular flexibility index (Phi) is 4.28. The molecule has 2 aliphatic heterocycles. The van der Waals surface area contributed by atoms with Gasteiger partial charge >= 0.3 is 5.97 Å². The predicted molar refractivity (Wildman–Crippen MR) is 106 cm³/mol. The third-order valence-electron chi connectivity index (χ3n) is 5.68. The minimum absolute atomic E-state index is 0.109. The first-order valence-electron chi connectivity index (χ1n) is 9.96. The molecule has 156 valence electrons. The van der Waals surface area contributed by atoms with Crippen LogP contribution in [0.15, 0.2) is 42.7 Å². The molecule has 0 spiro atoms. The van der Waals surface area contributed by atoms with Crippen molar-refractivity contribution in [3.8, 4) is 11.6 Å². The van der Waals surface area contributed by atoms with Crippen LogP contribution in [-0.2, 0) is 10.2 Å². The molecule has 7 nitrogen and oxygen atoms in total. The van der Waals surface area contributed by atoms with Crippen molar-refractivity contribution in [3.05, 3.63) is 54.1 Å². The first kappa shape index (κ1) is 19.0. The van der Waals surface area contributed by atoms with Gasteiger partial charge in [0, 0.05) is 17.8 Å². The van der Waals surface area contributed by atoms with E-state index >= 15 is 0 Å². The number of halogens is 1. The average Bonchev–Trinajstić information content (AvgIpc) is 3.39. The van der Waals surface area contributed by atoms with Gasteiger partial charge in [0.2, 0.25) is 5.65 Å². The number of esters is 1. The Morgan fingerprint density at radius 1 is 1.23 bits per heavy atom. The van der Waals surface area contributed by atoms with Crippen molar-refractivity contribution in [1.82, 2.24) is 14.4 Å². The van der Waals surface area contributed by atoms with Crippen LogP contribution in [0.1, 0.15) is 42.9 Å². The maximum absolute atomic E-state index is 13.3. The van der Waals surface area contributed by atoms with Gasteiger partial charge in [-0.05, 0) is 38.8 Å². The molecule has 1 saturated carbocycles.